The molecule has 0 N–H and O–H groups in total. The van der Waals surface area contributed by atoms with Crippen LogP contribution in [0.15, 0.2) is 0 Å². The Hall–Kier alpha value is -2.28. The summed E-state index contributed by atoms with van der Waals surface area (Å²) in [5.41, 5.74) is 0. The predicted molar refractivity (Wildman–Crippen MR) is 90.9 cm³/mol. The Kier molecular flexibility index (Phi) is 11.1. The molecule has 1 heterocycles. The van der Waals surface area contributed by atoms with Crippen LogP contribution in [0.3, 0.4) is 0 Å². The second-order valence-electron chi connectivity index (χ2n) is 5.90. The Morgan fingerprint density at radius 3 is 1.31 bits per heavy atom. The lowest BCUT2D eigenvalue weighted by Crippen LogP contribution is -2.50. The first-order valence-corrected chi connectivity index (χ1v) is 8.70. The number of hydrogen-bond donors (Lipinski definition) is 0. The van der Waals surface area contributed by atoms with Crippen LogP contribution in [0.1, 0.15) is 27.7 Å². The zero-order chi connectivity index (χ0) is 21.8. The van der Waals surface area contributed by atoms with Gasteiger partial charge in [0.2, 0.25) is 0 Å². The number of hydrogen-bond acceptors (Lipinski definition) is 12. The summed E-state index contributed by atoms with van der Waals surface area (Å²) in [5, 5.41) is 0. The molecule has 4 atom stereocenters. The van der Waals surface area contributed by atoms with Crippen molar-refractivity contribution in [2.45, 2.75) is 52.1 Å². The largest absolute Gasteiger partial charge is 0.463 e. The van der Waals surface area contributed by atoms with E-state index in [2.05, 4.69) is 0 Å². The van der Waals surface area contributed by atoms with E-state index < -0.39 is 61.9 Å². The van der Waals surface area contributed by atoms with Gasteiger partial charge in [-0.1, -0.05) is 0 Å². The lowest BCUT2D eigenvalue weighted by Gasteiger charge is -2.32. The maximum Gasteiger partial charge on any atom is 0.304 e. The summed E-state index contributed by atoms with van der Waals surface area (Å²) in [5.74, 6) is -2.26. The van der Waals surface area contributed by atoms with Gasteiger partial charge < -0.3 is 37.9 Å². The highest BCUT2D eigenvalue weighted by Gasteiger charge is 2.42. The van der Waals surface area contributed by atoms with Gasteiger partial charge in [0.15, 0.2) is 13.6 Å². The van der Waals surface area contributed by atoms with Crippen LogP contribution in [0.2, 0.25) is 0 Å². The summed E-state index contributed by atoms with van der Waals surface area (Å²) >= 11 is 0. The predicted octanol–water partition coefficient (Wildman–Crippen LogP) is -0.334. The van der Waals surface area contributed by atoms with Crippen molar-refractivity contribution in [3.05, 3.63) is 0 Å². The fraction of sp³-hybridized carbons (Fsp3) is 0.765. The van der Waals surface area contributed by atoms with E-state index in [1.807, 2.05) is 0 Å². The molecule has 0 aliphatic carbocycles. The molecule has 0 saturated carbocycles. The highest BCUT2D eigenvalue weighted by molar-refractivity contribution is 5.66. The number of carbonyl (C=O) groups is 4. The Morgan fingerprint density at radius 1 is 0.655 bits per heavy atom. The summed E-state index contributed by atoms with van der Waals surface area (Å²) in [6, 6.07) is 0. The molecule has 0 amide bonds. The van der Waals surface area contributed by atoms with Crippen LogP contribution in [0.4, 0.5) is 0 Å². The molecule has 0 aromatic carbocycles. The topological polar surface area (TPSA) is 142 Å². The molecule has 166 valence electrons. The Morgan fingerprint density at radius 2 is 1.00 bits per heavy atom. The van der Waals surface area contributed by atoms with Gasteiger partial charge in [-0.25, -0.2) is 0 Å². The van der Waals surface area contributed by atoms with E-state index >= 15 is 0 Å². The van der Waals surface area contributed by atoms with E-state index in [1.165, 1.54) is 27.7 Å². The molecule has 0 unspecified atom stereocenters. The van der Waals surface area contributed by atoms with Crippen molar-refractivity contribution < 1.29 is 57.1 Å². The Bertz CT molecular complexity index is 515. The van der Waals surface area contributed by atoms with Crippen LogP contribution in [0, 0.1) is 0 Å². The summed E-state index contributed by atoms with van der Waals surface area (Å²) in [4.78, 5) is 44.5. The maximum atomic E-state index is 11.2. The van der Waals surface area contributed by atoms with Gasteiger partial charge in [0.1, 0.15) is 44.4 Å². The summed E-state index contributed by atoms with van der Waals surface area (Å²) in [6.45, 7) is 3.27. The molecule has 12 heteroatoms. The molecule has 1 rings (SSSR count). The molecule has 12 nitrogen and oxygen atoms in total. The first-order chi connectivity index (χ1) is 13.7. The van der Waals surface area contributed by atoms with Gasteiger partial charge in [-0.2, -0.15) is 0 Å². The van der Waals surface area contributed by atoms with Crippen molar-refractivity contribution >= 4 is 23.9 Å². The standard InChI is InChI=1S/C17H26O12/c1-10(18)22-5-14-16(28-7-24-12(3)20)17(29-8-25-13(4)21)15(27-9-26-14)6-23-11(2)19/h14-17H,5-9H2,1-4H3/t14-,15-,16+,17+/m0/s1. The van der Waals surface area contributed by atoms with E-state index in [0.29, 0.717) is 0 Å². The van der Waals surface area contributed by atoms with Gasteiger partial charge in [-0.15, -0.1) is 0 Å². The van der Waals surface area contributed by atoms with Crippen molar-refractivity contribution in [3.63, 3.8) is 0 Å². The molecular weight excluding hydrogens is 396 g/mol. The van der Waals surface area contributed by atoms with Crippen molar-refractivity contribution in [3.8, 4) is 0 Å². The number of rotatable bonds is 10. The molecule has 0 spiro atoms. The maximum absolute atomic E-state index is 11.2. The van der Waals surface area contributed by atoms with Gasteiger partial charge >= 0.3 is 23.9 Å². The zero-order valence-electron chi connectivity index (χ0n) is 16.7. The zero-order valence-corrected chi connectivity index (χ0v) is 16.7. The fourth-order valence-electron chi connectivity index (χ4n) is 2.31. The van der Waals surface area contributed by atoms with Gasteiger partial charge in [-0.3, -0.25) is 19.2 Å². The second kappa shape index (κ2) is 13.0. The molecule has 0 radical (unpaired) electrons. The van der Waals surface area contributed by atoms with Gasteiger partial charge in [0, 0.05) is 27.7 Å². The smallest absolute Gasteiger partial charge is 0.304 e. The number of ether oxygens (including phenoxy) is 8. The molecule has 0 bridgehead atoms. The summed E-state index contributed by atoms with van der Waals surface area (Å²) in [6.07, 6.45) is -3.74. The monoisotopic (exact) mass is 422 g/mol. The minimum Gasteiger partial charge on any atom is -0.463 e. The molecule has 29 heavy (non-hydrogen) atoms. The molecular formula is C17H26O12. The van der Waals surface area contributed by atoms with Gasteiger partial charge in [-0.05, 0) is 0 Å². The molecule has 1 aliphatic heterocycles. The molecule has 1 aliphatic rings. The lowest BCUT2D eigenvalue weighted by molar-refractivity contribution is -0.210. The number of carbonyl (C=O) groups excluding carboxylic acids is 4. The lowest BCUT2D eigenvalue weighted by atomic mass is 10.0. The third kappa shape index (κ3) is 10.2. The van der Waals surface area contributed by atoms with Crippen LogP contribution >= 0.6 is 0 Å². The van der Waals surface area contributed by atoms with E-state index in [4.69, 9.17) is 37.9 Å². The van der Waals surface area contributed by atoms with Crippen LogP contribution in [0.5, 0.6) is 0 Å². The fourth-order valence-corrected chi connectivity index (χ4v) is 2.31. The highest BCUT2D eigenvalue weighted by atomic mass is 16.7. The first kappa shape index (κ1) is 24.8. The molecule has 1 fully saturated rings. The van der Waals surface area contributed by atoms with E-state index in [-0.39, 0.29) is 20.0 Å². The van der Waals surface area contributed by atoms with Crippen LogP contribution < -0.4 is 0 Å². The summed E-state index contributed by atoms with van der Waals surface area (Å²) in [7, 11) is 0. The van der Waals surface area contributed by atoms with Crippen LogP contribution in [-0.2, 0) is 57.1 Å². The Balaban J connectivity index is 3.01. The van der Waals surface area contributed by atoms with Crippen LogP contribution in [0.25, 0.3) is 0 Å². The molecule has 1 saturated heterocycles. The minimum atomic E-state index is -0.993. The van der Waals surface area contributed by atoms with E-state index in [9.17, 15) is 19.2 Å². The second-order valence-corrected chi connectivity index (χ2v) is 5.90. The van der Waals surface area contributed by atoms with E-state index in [1.54, 1.807) is 0 Å². The van der Waals surface area contributed by atoms with Crippen molar-refractivity contribution in [1.29, 1.82) is 0 Å². The van der Waals surface area contributed by atoms with Crippen LogP contribution in [-0.4, -0.2) is 81.9 Å². The van der Waals surface area contributed by atoms with Crippen molar-refractivity contribution in [2.24, 2.45) is 0 Å². The number of esters is 4. The average molecular weight is 422 g/mol. The first-order valence-electron chi connectivity index (χ1n) is 8.70. The van der Waals surface area contributed by atoms with Crippen molar-refractivity contribution in [1.82, 2.24) is 0 Å². The molecule has 0 aromatic heterocycles. The third-order valence-electron chi connectivity index (χ3n) is 3.57. The van der Waals surface area contributed by atoms with Crippen molar-refractivity contribution in [2.75, 3.05) is 33.6 Å². The summed E-state index contributed by atoms with van der Waals surface area (Å²) < 4.78 is 41.8. The average Bonchev–Trinajstić information content (AvgIpc) is 2.77. The van der Waals surface area contributed by atoms with Gasteiger partial charge in [0.05, 0.1) is 0 Å². The quantitative estimate of drug-likeness (QED) is 0.258. The third-order valence-corrected chi connectivity index (χ3v) is 3.57. The SMILES string of the molecule is CC(=O)OCO[C@H]1[C@H](OCOC(C)=O)[C@H](COC(C)=O)OCO[C@H]1COC(C)=O. The minimum absolute atomic E-state index is 0.211. The van der Waals surface area contributed by atoms with E-state index in [0.717, 1.165) is 0 Å². The Labute approximate surface area is 167 Å². The molecule has 0 aromatic rings. The normalized spacial score (nSPS) is 24.1. The van der Waals surface area contributed by atoms with Gasteiger partial charge in [0.25, 0.3) is 0 Å². The highest BCUT2D eigenvalue weighted by Crippen LogP contribution is 2.23.